The number of thioether (sulfide) groups is 1. The van der Waals surface area contributed by atoms with E-state index in [1.165, 1.54) is 12.8 Å². The molecule has 0 amide bonds. The van der Waals surface area contributed by atoms with Gasteiger partial charge in [0, 0.05) is 31.5 Å². The van der Waals surface area contributed by atoms with E-state index in [2.05, 4.69) is 21.1 Å². The van der Waals surface area contributed by atoms with Crippen LogP contribution in [0.2, 0.25) is 0 Å². The number of aromatic nitrogens is 2. The molecule has 1 aromatic rings. The molecule has 5 nitrogen and oxygen atoms in total. The van der Waals surface area contributed by atoms with Crippen LogP contribution in [0.25, 0.3) is 0 Å². The minimum absolute atomic E-state index is 0.402. The van der Waals surface area contributed by atoms with Crippen LogP contribution >= 0.6 is 11.8 Å². The Morgan fingerprint density at radius 1 is 1.44 bits per heavy atom. The fraction of sp³-hybridized carbons (Fsp3) is 0.667. The highest BCUT2D eigenvalue weighted by molar-refractivity contribution is 7.99. The highest BCUT2D eigenvalue weighted by atomic mass is 32.2. The predicted molar refractivity (Wildman–Crippen MR) is 75.9 cm³/mol. The average Bonchev–Trinajstić information content (AvgIpc) is 2.38. The van der Waals surface area contributed by atoms with Gasteiger partial charge in [0.25, 0.3) is 0 Å². The van der Waals surface area contributed by atoms with Crippen LogP contribution in [-0.2, 0) is 11.3 Å². The molecule has 1 aliphatic heterocycles. The normalized spacial score (nSPS) is 17.1. The molecular weight excluding hydrogens is 248 g/mol. The van der Waals surface area contributed by atoms with Crippen LogP contribution in [0.5, 0.6) is 0 Å². The Hall–Kier alpha value is -1.01. The van der Waals surface area contributed by atoms with Crippen molar-refractivity contribution in [3.8, 4) is 0 Å². The van der Waals surface area contributed by atoms with Crippen molar-refractivity contribution in [2.75, 3.05) is 37.1 Å². The summed E-state index contributed by atoms with van der Waals surface area (Å²) in [5.74, 6) is 2.09. The van der Waals surface area contributed by atoms with E-state index in [1.54, 1.807) is 7.11 Å². The number of hydrogen-bond donors (Lipinski definition) is 1. The molecule has 0 aromatic carbocycles. The van der Waals surface area contributed by atoms with E-state index in [0.29, 0.717) is 18.2 Å². The summed E-state index contributed by atoms with van der Waals surface area (Å²) >= 11 is 1.95. The summed E-state index contributed by atoms with van der Waals surface area (Å²) in [6, 6.07) is 1.85. The molecule has 0 saturated carbocycles. The summed E-state index contributed by atoms with van der Waals surface area (Å²) in [5.41, 5.74) is 5.81. The topological polar surface area (TPSA) is 64.3 Å². The monoisotopic (exact) mass is 268 g/mol. The summed E-state index contributed by atoms with van der Waals surface area (Å²) in [4.78, 5) is 10.9. The summed E-state index contributed by atoms with van der Waals surface area (Å²) in [5, 5.41) is 0.777. The maximum Gasteiger partial charge on any atom is 0.158 e. The maximum absolute atomic E-state index is 5.81. The Morgan fingerprint density at radius 3 is 2.78 bits per heavy atom. The van der Waals surface area contributed by atoms with Crippen molar-refractivity contribution in [1.82, 2.24) is 9.97 Å². The first-order valence-corrected chi connectivity index (χ1v) is 7.42. The lowest BCUT2D eigenvalue weighted by atomic mass is 10.1. The van der Waals surface area contributed by atoms with Crippen molar-refractivity contribution in [2.24, 2.45) is 0 Å². The number of piperidine rings is 1. The van der Waals surface area contributed by atoms with Gasteiger partial charge in [-0.3, -0.25) is 0 Å². The molecule has 2 heterocycles. The molecule has 6 heteroatoms. The van der Waals surface area contributed by atoms with Crippen molar-refractivity contribution < 1.29 is 4.74 Å². The van der Waals surface area contributed by atoms with Gasteiger partial charge in [-0.15, -0.1) is 0 Å². The Kier molecular flexibility index (Phi) is 4.66. The van der Waals surface area contributed by atoms with Crippen molar-refractivity contribution >= 4 is 23.4 Å². The molecule has 0 bridgehead atoms. The second-order valence-electron chi connectivity index (χ2n) is 4.42. The zero-order valence-corrected chi connectivity index (χ0v) is 11.7. The smallest absolute Gasteiger partial charge is 0.158 e. The number of methoxy groups -OCH3 is 1. The van der Waals surface area contributed by atoms with Gasteiger partial charge >= 0.3 is 0 Å². The van der Waals surface area contributed by atoms with E-state index in [4.69, 9.17) is 10.5 Å². The van der Waals surface area contributed by atoms with Gasteiger partial charge < -0.3 is 15.4 Å². The number of rotatable bonds is 4. The zero-order chi connectivity index (χ0) is 13.0. The highest BCUT2D eigenvalue weighted by Crippen LogP contribution is 2.25. The fourth-order valence-electron chi connectivity index (χ4n) is 2.18. The largest absolute Gasteiger partial charge is 0.384 e. The first kappa shape index (κ1) is 13.4. The number of hydrogen-bond acceptors (Lipinski definition) is 6. The minimum Gasteiger partial charge on any atom is -0.384 e. The molecule has 18 heavy (non-hydrogen) atoms. The number of nitrogens with zero attached hydrogens (tertiary/aromatic N) is 3. The lowest BCUT2D eigenvalue weighted by Gasteiger charge is -2.32. The third kappa shape index (κ3) is 3.26. The van der Waals surface area contributed by atoms with Gasteiger partial charge in [-0.2, -0.15) is 11.8 Å². The molecule has 1 aromatic heterocycles. The SMILES string of the molecule is COCc1nc(N)cc(N2CCC(SC)CC2)n1. The van der Waals surface area contributed by atoms with Gasteiger partial charge in [-0.05, 0) is 19.1 Å². The summed E-state index contributed by atoms with van der Waals surface area (Å²) in [6.45, 7) is 2.47. The van der Waals surface area contributed by atoms with E-state index in [1.807, 2.05) is 17.8 Å². The van der Waals surface area contributed by atoms with Crippen molar-refractivity contribution in [3.05, 3.63) is 11.9 Å². The second kappa shape index (κ2) is 6.24. The van der Waals surface area contributed by atoms with Crippen LogP contribution in [0, 0.1) is 0 Å². The van der Waals surface area contributed by atoms with Gasteiger partial charge in [-0.25, -0.2) is 9.97 Å². The van der Waals surface area contributed by atoms with Crippen molar-refractivity contribution in [2.45, 2.75) is 24.7 Å². The van der Waals surface area contributed by atoms with Crippen LogP contribution in [0.3, 0.4) is 0 Å². The molecular formula is C12H20N4OS. The number of nitrogen functional groups attached to an aromatic ring is 1. The van der Waals surface area contributed by atoms with Crippen molar-refractivity contribution in [3.63, 3.8) is 0 Å². The minimum atomic E-state index is 0.402. The van der Waals surface area contributed by atoms with Crippen molar-refractivity contribution in [1.29, 1.82) is 0 Å². The molecule has 2 N–H and O–H groups in total. The molecule has 0 atom stereocenters. The van der Waals surface area contributed by atoms with Crippen LogP contribution in [0.1, 0.15) is 18.7 Å². The van der Waals surface area contributed by atoms with Gasteiger partial charge in [0.15, 0.2) is 5.82 Å². The lowest BCUT2D eigenvalue weighted by molar-refractivity contribution is 0.178. The molecule has 0 unspecified atom stereocenters. The van der Waals surface area contributed by atoms with Crippen LogP contribution in [-0.4, -0.2) is 41.7 Å². The van der Waals surface area contributed by atoms with Gasteiger partial charge in [-0.1, -0.05) is 0 Å². The van der Waals surface area contributed by atoms with Crippen LogP contribution in [0.15, 0.2) is 6.07 Å². The summed E-state index contributed by atoms with van der Waals surface area (Å²) in [6.07, 6.45) is 4.58. The van der Waals surface area contributed by atoms with E-state index in [-0.39, 0.29) is 0 Å². The summed E-state index contributed by atoms with van der Waals surface area (Å²) < 4.78 is 5.06. The maximum atomic E-state index is 5.81. The van der Waals surface area contributed by atoms with Crippen LogP contribution < -0.4 is 10.6 Å². The van der Waals surface area contributed by atoms with E-state index < -0.39 is 0 Å². The standard InChI is InChI=1S/C12H20N4OS/c1-17-8-11-14-10(13)7-12(15-11)16-5-3-9(18-2)4-6-16/h7,9H,3-6,8H2,1-2H3,(H2,13,14,15). The lowest BCUT2D eigenvalue weighted by Crippen LogP contribution is -2.35. The Labute approximate surface area is 112 Å². The summed E-state index contributed by atoms with van der Waals surface area (Å²) in [7, 11) is 1.64. The first-order valence-electron chi connectivity index (χ1n) is 6.13. The molecule has 1 fully saturated rings. The molecule has 100 valence electrons. The number of anilines is 2. The Balaban J connectivity index is 2.08. The highest BCUT2D eigenvalue weighted by Gasteiger charge is 2.20. The van der Waals surface area contributed by atoms with Crippen LogP contribution in [0.4, 0.5) is 11.6 Å². The molecule has 1 aliphatic rings. The quantitative estimate of drug-likeness (QED) is 0.893. The molecule has 0 radical (unpaired) electrons. The van der Waals surface area contributed by atoms with Gasteiger partial charge in [0.05, 0.1) is 0 Å². The molecule has 0 spiro atoms. The average molecular weight is 268 g/mol. The molecule has 2 rings (SSSR count). The van der Waals surface area contributed by atoms with E-state index in [0.717, 1.165) is 24.2 Å². The van der Waals surface area contributed by atoms with E-state index >= 15 is 0 Å². The van der Waals surface area contributed by atoms with Gasteiger partial charge in [0.2, 0.25) is 0 Å². The third-order valence-corrected chi connectivity index (χ3v) is 4.29. The zero-order valence-electron chi connectivity index (χ0n) is 10.9. The van der Waals surface area contributed by atoms with E-state index in [9.17, 15) is 0 Å². The molecule has 1 saturated heterocycles. The predicted octanol–water partition coefficient (Wildman–Crippen LogP) is 1.54. The molecule has 0 aliphatic carbocycles. The third-order valence-electron chi connectivity index (χ3n) is 3.15. The number of nitrogens with two attached hydrogens (primary N) is 1. The fourth-order valence-corrected chi connectivity index (χ4v) is 2.86. The van der Waals surface area contributed by atoms with Gasteiger partial charge in [0.1, 0.15) is 18.2 Å². The second-order valence-corrected chi connectivity index (χ2v) is 5.56. The Morgan fingerprint density at radius 2 is 2.17 bits per heavy atom. The first-order chi connectivity index (χ1) is 8.72. The number of ether oxygens (including phenoxy) is 1. The Bertz CT molecular complexity index is 394.